The molecular formula is C22H25FN4O. The van der Waals surface area contributed by atoms with Gasteiger partial charge < -0.3 is 4.90 Å². The summed E-state index contributed by atoms with van der Waals surface area (Å²) in [5.41, 5.74) is 7.45. The molecule has 28 heavy (non-hydrogen) atoms. The molecule has 146 valence electrons. The summed E-state index contributed by atoms with van der Waals surface area (Å²) >= 11 is 0. The molecule has 1 aromatic carbocycles. The Hall–Kier alpha value is -2.76. The molecule has 4 rings (SSSR count). The van der Waals surface area contributed by atoms with Crippen molar-refractivity contribution in [2.75, 3.05) is 11.4 Å². The van der Waals surface area contributed by atoms with Crippen LogP contribution in [-0.4, -0.2) is 27.0 Å². The highest BCUT2D eigenvalue weighted by Crippen LogP contribution is 2.32. The van der Waals surface area contributed by atoms with Crippen LogP contribution in [0, 0.1) is 33.5 Å². The third-order valence-electron chi connectivity index (χ3n) is 5.62. The van der Waals surface area contributed by atoms with Crippen molar-refractivity contribution in [3.8, 4) is 0 Å². The summed E-state index contributed by atoms with van der Waals surface area (Å²) in [5.74, 6) is -0.156. The van der Waals surface area contributed by atoms with Gasteiger partial charge in [-0.3, -0.25) is 4.79 Å². The third-order valence-corrected chi connectivity index (χ3v) is 5.62. The summed E-state index contributed by atoms with van der Waals surface area (Å²) in [6, 6.07) is 5.03. The van der Waals surface area contributed by atoms with E-state index in [1.807, 2.05) is 43.2 Å². The van der Waals surface area contributed by atoms with Crippen LogP contribution in [0.4, 0.5) is 10.1 Å². The lowest BCUT2D eigenvalue weighted by atomic mass is 9.97. The lowest BCUT2D eigenvalue weighted by Crippen LogP contribution is -2.36. The predicted molar refractivity (Wildman–Crippen MR) is 107 cm³/mol. The lowest BCUT2D eigenvalue weighted by molar-refractivity contribution is -0.118. The van der Waals surface area contributed by atoms with Gasteiger partial charge in [0.1, 0.15) is 5.82 Å². The zero-order chi connectivity index (χ0) is 20.0. The van der Waals surface area contributed by atoms with Gasteiger partial charge >= 0.3 is 0 Å². The lowest BCUT2D eigenvalue weighted by Gasteiger charge is -2.31. The first-order valence-electron chi connectivity index (χ1n) is 9.77. The van der Waals surface area contributed by atoms with Crippen molar-refractivity contribution < 1.29 is 9.18 Å². The van der Waals surface area contributed by atoms with E-state index < -0.39 is 0 Å². The van der Waals surface area contributed by atoms with Gasteiger partial charge in [0.15, 0.2) is 5.65 Å². The fraction of sp³-hybridized carbons (Fsp3) is 0.409. The zero-order valence-electron chi connectivity index (χ0n) is 16.8. The quantitative estimate of drug-likeness (QED) is 0.690. The number of benzene rings is 1. The molecule has 3 aromatic rings. The number of fused-ring (bicyclic) bond motifs is 2. The number of anilines is 1. The first-order chi connectivity index (χ1) is 13.3. The Bertz CT molecular complexity index is 1090. The highest BCUT2D eigenvalue weighted by molar-refractivity contribution is 5.95. The standard InChI is InChI=1S/C22H25FN4O/c1-13-10-18(23)12-17-6-5-9-26(22(13)17)21(28)8-7-19-15(3)24-20-11-14(2)25-27(20)16(19)4/h10-12H,5-9H2,1-4H3. The number of carbonyl (C=O) groups excluding carboxylic acids is 1. The second-order valence-corrected chi connectivity index (χ2v) is 7.70. The van der Waals surface area contributed by atoms with Crippen molar-refractivity contribution in [1.82, 2.24) is 14.6 Å². The van der Waals surface area contributed by atoms with Gasteiger partial charge in [0, 0.05) is 36.1 Å². The maximum atomic E-state index is 13.8. The molecule has 1 aliphatic heterocycles. The molecule has 5 nitrogen and oxygen atoms in total. The number of rotatable bonds is 3. The van der Waals surface area contributed by atoms with Gasteiger partial charge in [0.25, 0.3) is 0 Å². The largest absolute Gasteiger partial charge is 0.312 e. The minimum Gasteiger partial charge on any atom is -0.312 e. The number of amides is 1. The van der Waals surface area contributed by atoms with Crippen molar-refractivity contribution in [3.63, 3.8) is 0 Å². The molecule has 0 spiro atoms. The summed E-state index contributed by atoms with van der Waals surface area (Å²) < 4.78 is 15.6. The van der Waals surface area contributed by atoms with E-state index in [9.17, 15) is 9.18 Å². The first-order valence-corrected chi connectivity index (χ1v) is 9.77. The number of halogens is 1. The summed E-state index contributed by atoms with van der Waals surface area (Å²) in [6.07, 6.45) is 2.69. The van der Waals surface area contributed by atoms with Crippen LogP contribution >= 0.6 is 0 Å². The normalized spacial score (nSPS) is 13.8. The first kappa shape index (κ1) is 18.6. The number of carbonyl (C=O) groups is 1. The van der Waals surface area contributed by atoms with Crippen LogP contribution in [0.15, 0.2) is 18.2 Å². The molecule has 0 atom stereocenters. The Balaban J connectivity index is 1.59. The third kappa shape index (κ3) is 3.17. The summed E-state index contributed by atoms with van der Waals surface area (Å²) in [6.45, 7) is 8.52. The molecule has 6 heteroatoms. The van der Waals surface area contributed by atoms with Crippen LogP contribution < -0.4 is 4.90 Å². The van der Waals surface area contributed by atoms with E-state index in [0.29, 0.717) is 19.4 Å². The Labute approximate surface area is 164 Å². The maximum absolute atomic E-state index is 13.8. The highest BCUT2D eigenvalue weighted by atomic mass is 19.1. The Kier molecular flexibility index (Phi) is 4.65. The topological polar surface area (TPSA) is 50.5 Å². The monoisotopic (exact) mass is 380 g/mol. The molecule has 2 aromatic heterocycles. The van der Waals surface area contributed by atoms with Gasteiger partial charge in [-0.1, -0.05) is 0 Å². The average Bonchev–Trinajstić information content (AvgIpc) is 3.00. The van der Waals surface area contributed by atoms with E-state index in [1.54, 1.807) is 6.07 Å². The van der Waals surface area contributed by atoms with Crippen LogP contribution in [0.2, 0.25) is 0 Å². The van der Waals surface area contributed by atoms with Crippen molar-refractivity contribution in [2.24, 2.45) is 0 Å². The minimum absolute atomic E-state index is 0.0752. The fourth-order valence-corrected chi connectivity index (χ4v) is 4.34. The maximum Gasteiger partial charge on any atom is 0.227 e. The zero-order valence-corrected chi connectivity index (χ0v) is 16.8. The number of aryl methyl sites for hydroxylation is 5. The van der Waals surface area contributed by atoms with Crippen molar-refractivity contribution in [2.45, 2.75) is 53.4 Å². The molecule has 0 aliphatic carbocycles. The number of aromatic nitrogens is 3. The number of hydrogen-bond donors (Lipinski definition) is 0. The second kappa shape index (κ2) is 7.00. The van der Waals surface area contributed by atoms with Crippen LogP contribution in [0.3, 0.4) is 0 Å². The van der Waals surface area contributed by atoms with E-state index in [2.05, 4.69) is 10.1 Å². The second-order valence-electron chi connectivity index (χ2n) is 7.70. The summed E-state index contributed by atoms with van der Waals surface area (Å²) in [4.78, 5) is 19.5. The minimum atomic E-state index is -0.231. The van der Waals surface area contributed by atoms with E-state index in [1.165, 1.54) is 6.07 Å². The van der Waals surface area contributed by atoms with Crippen molar-refractivity contribution in [1.29, 1.82) is 0 Å². The van der Waals surface area contributed by atoms with Crippen LogP contribution in [0.25, 0.3) is 5.65 Å². The van der Waals surface area contributed by atoms with Crippen LogP contribution in [-0.2, 0) is 17.6 Å². The predicted octanol–water partition coefficient (Wildman–Crippen LogP) is 4.01. The summed E-state index contributed by atoms with van der Waals surface area (Å²) in [5, 5.41) is 4.50. The van der Waals surface area contributed by atoms with Crippen molar-refractivity contribution in [3.05, 3.63) is 57.8 Å². The van der Waals surface area contributed by atoms with Gasteiger partial charge in [-0.05, 0) is 75.8 Å². The van der Waals surface area contributed by atoms with Crippen molar-refractivity contribution >= 4 is 17.2 Å². The van der Waals surface area contributed by atoms with E-state index in [0.717, 1.165) is 57.9 Å². The molecule has 0 radical (unpaired) electrons. The smallest absolute Gasteiger partial charge is 0.227 e. The van der Waals surface area contributed by atoms with Gasteiger partial charge in [-0.25, -0.2) is 13.9 Å². The average molecular weight is 380 g/mol. The number of hydrogen-bond acceptors (Lipinski definition) is 3. The molecule has 0 N–H and O–H groups in total. The molecule has 0 saturated carbocycles. The fourth-order valence-electron chi connectivity index (χ4n) is 4.34. The van der Waals surface area contributed by atoms with Crippen LogP contribution in [0.1, 0.15) is 46.6 Å². The van der Waals surface area contributed by atoms with Gasteiger partial charge in [0.2, 0.25) is 5.91 Å². The van der Waals surface area contributed by atoms with Gasteiger partial charge in [0.05, 0.1) is 5.69 Å². The number of nitrogens with zero attached hydrogens (tertiary/aromatic N) is 4. The van der Waals surface area contributed by atoms with Gasteiger partial charge in [-0.15, -0.1) is 0 Å². The van der Waals surface area contributed by atoms with E-state index in [4.69, 9.17) is 0 Å². The highest BCUT2D eigenvalue weighted by Gasteiger charge is 2.25. The van der Waals surface area contributed by atoms with E-state index in [-0.39, 0.29) is 11.7 Å². The van der Waals surface area contributed by atoms with Crippen LogP contribution in [0.5, 0.6) is 0 Å². The Morgan fingerprint density at radius 1 is 1.18 bits per heavy atom. The molecule has 1 aliphatic rings. The summed E-state index contributed by atoms with van der Waals surface area (Å²) in [7, 11) is 0. The molecule has 0 fully saturated rings. The Morgan fingerprint density at radius 2 is 1.96 bits per heavy atom. The molecule has 0 saturated heterocycles. The molecule has 3 heterocycles. The van der Waals surface area contributed by atoms with E-state index >= 15 is 0 Å². The molecule has 0 bridgehead atoms. The van der Waals surface area contributed by atoms with Gasteiger partial charge in [-0.2, -0.15) is 5.10 Å². The SMILES string of the molecule is Cc1cc2nc(C)c(CCC(=O)N3CCCc4cc(F)cc(C)c43)c(C)n2n1. The molecular weight excluding hydrogens is 355 g/mol. The molecule has 1 amide bonds. The Morgan fingerprint density at radius 3 is 2.75 bits per heavy atom. The molecule has 0 unspecified atom stereocenters.